The SMILES string of the molecule is O=c1c2ccccc2c(=O)c2c1cc(Cl)c1[nH+]c3c([nH+]c12)c(SOOO)cc1c(=O)c2ccc(S(=O)(=O)O)cc2c(=O)c13. The number of benzene rings is 6. The highest BCUT2D eigenvalue weighted by Gasteiger charge is 2.30. The van der Waals surface area contributed by atoms with Crippen LogP contribution < -0.4 is 31.7 Å². The minimum Gasteiger partial charge on any atom is -0.289 e. The molecule has 0 atom stereocenters. The highest BCUT2D eigenvalue weighted by molar-refractivity contribution is 7.94. The third kappa shape index (κ3) is 3.96. The zero-order valence-corrected chi connectivity index (χ0v) is 23.4. The number of H-pyrrole nitrogens is 2. The first-order chi connectivity index (χ1) is 20.5. The van der Waals surface area contributed by atoms with Gasteiger partial charge in [0.1, 0.15) is 20.7 Å². The average Bonchev–Trinajstić information content (AvgIpc) is 2.99. The normalized spacial score (nSPS) is 12.4. The third-order valence-corrected chi connectivity index (χ3v) is 9.14. The minimum absolute atomic E-state index is 0.00661. The predicted octanol–water partition coefficient (Wildman–Crippen LogP) is 2.88. The number of halogens is 1. The lowest BCUT2D eigenvalue weighted by Gasteiger charge is -2.06. The number of rotatable bonds is 4. The van der Waals surface area contributed by atoms with Gasteiger partial charge in [-0.3, -0.25) is 23.7 Å². The van der Waals surface area contributed by atoms with Crippen LogP contribution in [0.1, 0.15) is 0 Å². The summed E-state index contributed by atoms with van der Waals surface area (Å²) < 4.78 is 37.7. The molecule has 0 unspecified atom stereocenters. The molecule has 1 aromatic heterocycles. The molecule has 12 nitrogen and oxygen atoms in total. The zero-order valence-electron chi connectivity index (χ0n) is 21.1. The number of hydrogen-bond acceptors (Lipinski definition) is 10. The smallest absolute Gasteiger partial charge is 0.289 e. The highest BCUT2D eigenvalue weighted by atomic mass is 35.5. The number of nitrogens with one attached hydrogen (secondary N) is 2. The monoisotopic (exact) mass is 636 g/mol. The standard InChI is InChI=1S/C28H11ClN2O10S2/c29-17-8-15-19(27(34)12-4-2-1-3-11(12)25(15)32)23-21(17)30-24-20-16(9-18(22(24)31-23)42-41-40-36)26(33)13-6-5-10(43(37,38)39)7-14(13)28(20)35/h1-9,36H,(H,37,38,39)/p+2. The van der Waals surface area contributed by atoms with Gasteiger partial charge in [-0.15, -0.1) is 4.33 Å². The van der Waals surface area contributed by atoms with E-state index in [4.69, 9.17) is 16.9 Å². The summed E-state index contributed by atoms with van der Waals surface area (Å²) in [4.78, 5) is 60.1. The lowest BCUT2D eigenvalue weighted by Crippen LogP contribution is -2.25. The number of fused-ring (bicyclic) bond motifs is 8. The van der Waals surface area contributed by atoms with Gasteiger partial charge in [-0.2, -0.15) is 18.4 Å². The molecule has 15 heteroatoms. The maximum Gasteiger partial charge on any atom is 0.295 e. The van der Waals surface area contributed by atoms with Crippen LogP contribution in [-0.4, -0.2) is 18.2 Å². The number of aromatic nitrogens is 2. The van der Waals surface area contributed by atoms with Crippen molar-refractivity contribution in [3.05, 3.63) is 101 Å². The second kappa shape index (κ2) is 9.55. The van der Waals surface area contributed by atoms with Crippen molar-refractivity contribution < 1.29 is 37.6 Å². The van der Waals surface area contributed by atoms with Crippen LogP contribution in [0.2, 0.25) is 5.02 Å². The van der Waals surface area contributed by atoms with Crippen molar-refractivity contribution in [2.45, 2.75) is 9.79 Å². The summed E-state index contributed by atoms with van der Waals surface area (Å²) in [7, 11) is -4.70. The average molecular weight is 637 g/mol. The summed E-state index contributed by atoms with van der Waals surface area (Å²) in [6.07, 6.45) is 0. The van der Waals surface area contributed by atoms with Gasteiger partial charge in [0.05, 0.1) is 16.9 Å². The Balaban J connectivity index is 1.73. The van der Waals surface area contributed by atoms with Crippen molar-refractivity contribution in [1.82, 2.24) is 0 Å². The van der Waals surface area contributed by atoms with Crippen LogP contribution in [0, 0.1) is 0 Å². The van der Waals surface area contributed by atoms with Gasteiger partial charge < -0.3 is 0 Å². The van der Waals surface area contributed by atoms with E-state index in [9.17, 15) is 32.1 Å². The summed E-state index contributed by atoms with van der Waals surface area (Å²) in [6, 6.07) is 12.0. The molecule has 0 aliphatic heterocycles. The zero-order chi connectivity index (χ0) is 30.4. The lowest BCUT2D eigenvalue weighted by atomic mass is 9.99. The largest absolute Gasteiger partial charge is 0.295 e. The molecule has 0 saturated heterocycles. The van der Waals surface area contributed by atoms with Gasteiger partial charge >= 0.3 is 0 Å². The molecule has 0 saturated carbocycles. The van der Waals surface area contributed by atoms with Crippen LogP contribution in [-0.2, 0) is 19.5 Å². The van der Waals surface area contributed by atoms with Crippen molar-refractivity contribution in [3.63, 3.8) is 0 Å². The quantitative estimate of drug-likeness (QED) is 0.0721. The van der Waals surface area contributed by atoms with Gasteiger partial charge in [-0.25, -0.2) is 5.26 Å². The molecule has 0 bridgehead atoms. The molecule has 7 aromatic rings. The van der Waals surface area contributed by atoms with E-state index < -0.39 is 36.7 Å². The van der Waals surface area contributed by atoms with Crippen LogP contribution in [0.5, 0.6) is 0 Å². The Bertz CT molecular complexity index is 2750. The highest BCUT2D eigenvalue weighted by Crippen LogP contribution is 2.32. The van der Waals surface area contributed by atoms with E-state index in [1.165, 1.54) is 24.3 Å². The molecule has 4 N–H and O–H groups in total. The number of hydrogen-bond donors (Lipinski definition) is 2. The van der Waals surface area contributed by atoms with Crippen molar-refractivity contribution in [2.75, 3.05) is 0 Å². The second-order valence-electron chi connectivity index (χ2n) is 9.60. The van der Waals surface area contributed by atoms with E-state index in [1.54, 1.807) is 12.1 Å². The minimum atomic E-state index is -4.70. The molecule has 0 amide bonds. The molecule has 6 aromatic carbocycles. The van der Waals surface area contributed by atoms with Gasteiger partial charge in [0.2, 0.25) is 10.9 Å². The molecule has 0 radical (unpaired) electrons. The van der Waals surface area contributed by atoms with Crippen LogP contribution in [0.25, 0.3) is 65.2 Å². The number of aromatic amines is 2. The van der Waals surface area contributed by atoms with E-state index >= 15 is 0 Å². The van der Waals surface area contributed by atoms with Crippen molar-refractivity contribution in [3.8, 4) is 0 Å². The third-order valence-electron chi connectivity index (χ3n) is 7.36. The van der Waals surface area contributed by atoms with Crippen LogP contribution in [0.15, 0.2) is 83.6 Å². The van der Waals surface area contributed by atoms with E-state index in [1.807, 2.05) is 0 Å². The maximum atomic E-state index is 13.9. The molecule has 0 fully saturated rings. The maximum absolute atomic E-state index is 13.9. The molecule has 0 aliphatic rings. The first-order valence-electron chi connectivity index (χ1n) is 12.2. The fourth-order valence-electron chi connectivity index (χ4n) is 5.51. The Morgan fingerprint density at radius 2 is 1.23 bits per heavy atom. The van der Waals surface area contributed by atoms with Crippen molar-refractivity contribution in [2.24, 2.45) is 0 Å². The summed E-state index contributed by atoms with van der Waals surface area (Å²) in [5.41, 5.74) is -1.97. The van der Waals surface area contributed by atoms with Gasteiger partial charge in [-0.1, -0.05) is 40.9 Å². The molecule has 0 aliphatic carbocycles. The predicted molar refractivity (Wildman–Crippen MR) is 158 cm³/mol. The summed E-state index contributed by atoms with van der Waals surface area (Å²) in [6.45, 7) is 0. The topological polar surface area (TPSA) is 190 Å². The Morgan fingerprint density at radius 3 is 1.88 bits per heavy atom. The summed E-state index contributed by atoms with van der Waals surface area (Å²) in [5, 5.41) is 12.4. The molecule has 212 valence electrons. The van der Waals surface area contributed by atoms with Gasteiger partial charge in [0, 0.05) is 32.3 Å². The fourth-order valence-corrected chi connectivity index (χ4v) is 6.77. The van der Waals surface area contributed by atoms with Gasteiger partial charge in [0.15, 0.2) is 10.9 Å². The fraction of sp³-hybridized carbons (Fsp3) is 0. The van der Waals surface area contributed by atoms with E-state index in [0.717, 1.165) is 18.2 Å². The first-order valence-corrected chi connectivity index (χ1v) is 14.7. The van der Waals surface area contributed by atoms with E-state index in [2.05, 4.69) is 19.3 Å². The van der Waals surface area contributed by atoms with E-state index in [0.29, 0.717) is 12.0 Å². The summed E-state index contributed by atoms with van der Waals surface area (Å²) >= 11 is 7.08. The van der Waals surface area contributed by atoms with Crippen LogP contribution >= 0.6 is 23.6 Å². The Labute approximate surface area is 246 Å². The second-order valence-corrected chi connectivity index (χ2v) is 12.2. The van der Waals surface area contributed by atoms with Crippen LogP contribution in [0.4, 0.5) is 0 Å². The summed E-state index contributed by atoms with van der Waals surface area (Å²) in [5.74, 6) is 0. The lowest BCUT2D eigenvalue weighted by molar-refractivity contribution is -0.432. The first kappa shape index (κ1) is 27.4. The molecule has 0 spiro atoms. The van der Waals surface area contributed by atoms with Gasteiger partial charge in [-0.05, 0) is 30.3 Å². The Hall–Kier alpha value is -4.41. The Morgan fingerprint density at radius 1 is 0.674 bits per heavy atom. The molecular formula is C28H13ClN2O10S2+2. The van der Waals surface area contributed by atoms with Crippen molar-refractivity contribution in [1.29, 1.82) is 0 Å². The Kier molecular flexibility index (Phi) is 6.09. The van der Waals surface area contributed by atoms with Gasteiger partial charge in [0.25, 0.3) is 32.2 Å². The van der Waals surface area contributed by atoms with Crippen LogP contribution in [0.3, 0.4) is 0 Å². The molecular weight excluding hydrogens is 624 g/mol. The molecule has 43 heavy (non-hydrogen) atoms. The van der Waals surface area contributed by atoms with Crippen molar-refractivity contribution >= 4 is 98.9 Å². The molecule has 1 heterocycles. The molecule has 7 rings (SSSR count). The van der Waals surface area contributed by atoms with E-state index in [-0.39, 0.29) is 75.1 Å².